The molecule has 2 unspecified atom stereocenters. The zero-order chi connectivity index (χ0) is 13.7. The number of rotatable bonds is 6. The fourth-order valence-electron chi connectivity index (χ4n) is 1.42. The number of halogens is 1. The minimum absolute atomic E-state index is 0.127. The molecule has 0 aliphatic heterocycles. The van der Waals surface area contributed by atoms with Gasteiger partial charge in [-0.05, 0) is 18.6 Å². The molecule has 0 saturated heterocycles. The van der Waals surface area contributed by atoms with E-state index in [1.807, 2.05) is 19.1 Å². The van der Waals surface area contributed by atoms with E-state index in [-0.39, 0.29) is 11.4 Å². The van der Waals surface area contributed by atoms with Gasteiger partial charge in [0.15, 0.2) is 0 Å². The Morgan fingerprint density at radius 2 is 1.94 bits per heavy atom. The van der Waals surface area contributed by atoms with Crippen molar-refractivity contribution in [2.24, 2.45) is 0 Å². The second kappa shape index (κ2) is 7.39. The standard InChI is InChI=1S/C14H22ClNOS/c1-9(2)16-8-12-6-5-7-13(15)14(12)18-11(4)10(3)17/h5-7,9-11,16-17H,8H2,1-4H3. The van der Waals surface area contributed by atoms with Gasteiger partial charge in [-0.2, -0.15) is 0 Å². The van der Waals surface area contributed by atoms with Crippen molar-refractivity contribution < 1.29 is 5.11 Å². The van der Waals surface area contributed by atoms with Gasteiger partial charge in [0.2, 0.25) is 0 Å². The van der Waals surface area contributed by atoms with Crippen LogP contribution in [0.5, 0.6) is 0 Å². The van der Waals surface area contributed by atoms with Crippen molar-refractivity contribution >= 4 is 23.4 Å². The molecule has 18 heavy (non-hydrogen) atoms. The smallest absolute Gasteiger partial charge is 0.0631 e. The Morgan fingerprint density at radius 1 is 1.28 bits per heavy atom. The number of nitrogens with one attached hydrogen (secondary N) is 1. The minimum atomic E-state index is -0.350. The second-order valence-electron chi connectivity index (χ2n) is 4.83. The lowest BCUT2D eigenvalue weighted by atomic mass is 10.2. The molecule has 0 aliphatic carbocycles. The zero-order valence-electron chi connectivity index (χ0n) is 11.4. The average molecular weight is 288 g/mol. The highest BCUT2D eigenvalue weighted by atomic mass is 35.5. The fourth-order valence-corrected chi connectivity index (χ4v) is 2.79. The average Bonchev–Trinajstić information content (AvgIpc) is 2.29. The molecule has 0 amide bonds. The summed E-state index contributed by atoms with van der Waals surface area (Å²) in [6.07, 6.45) is -0.350. The van der Waals surface area contributed by atoms with Crippen LogP contribution in [0.4, 0.5) is 0 Å². The van der Waals surface area contributed by atoms with Gasteiger partial charge in [0.05, 0.1) is 11.1 Å². The van der Waals surface area contributed by atoms with Gasteiger partial charge in [-0.25, -0.2) is 0 Å². The fraction of sp³-hybridized carbons (Fsp3) is 0.571. The third-order valence-electron chi connectivity index (χ3n) is 2.73. The number of aliphatic hydroxyl groups excluding tert-OH is 1. The maximum atomic E-state index is 9.60. The summed E-state index contributed by atoms with van der Waals surface area (Å²) in [6, 6.07) is 6.39. The largest absolute Gasteiger partial charge is 0.392 e. The predicted molar refractivity (Wildman–Crippen MR) is 80.4 cm³/mol. The first kappa shape index (κ1) is 15.8. The van der Waals surface area contributed by atoms with E-state index < -0.39 is 0 Å². The molecule has 1 aromatic rings. The maximum Gasteiger partial charge on any atom is 0.0631 e. The molecule has 2 atom stereocenters. The summed E-state index contributed by atoms with van der Waals surface area (Å²) in [6.45, 7) is 8.86. The number of hydrogen-bond donors (Lipinski definition) is 2. The van der Waals surface area contributed by atoms with E-state index in [2.05, 4.69) is 25.2 Å². The normalized spacial score (nSPS) is 14.8. The van der Waals surface area contributed by atoms with Crippen molar-refractivity contribution in [3.63, 3.8) is 0 Å². The summed E-state index contributed by atoms with van der Waals surface area (Å²) in [5, 5.41) is 13.9. The van der Waals surface area contributed by atoms with Gasteiger partial charge in [0, 0.05) is 22.7 Å². The first-order chi connectivity index (χ1) is 8.41. The summed E-state index contributed by atoms with van der Waals surface area (Å²) in [4.78, 5) is 1.07. The Hall–Kier alpha value is -0.220. The summed E-state index contributed by atoms with van der Waals surface area (Å²) < 4.78 is 0. The van der Waals surface area contributed by atoms with Crippen LogP contribution in [0.1, 0.15) is 33.3 Å². The van der Waals surface area contributed by atoms with Crippen molar-refractivity contribution in [2.45, 2.75) is 56.5 Å². The van der Waals surface area contributed by atoms with Gasteiger partial charge < -0.3 is 10.4 Å². The van der Waals surface area contributed by atoms with Crippen LogP contribution in [0.25, 0.3) is 0 Å². The number of aliphatic hydroxyl groups is 1. The van der Waals surface area contributed by atoms with Crippen LogP contribution in [-0.2, 0) is 6.54 Å². The van der Waals surface area contributed by atoms with Crippen LogP contribution in [0.15, 0.2) is 23.1 Å². The molecular weight excluding hydrogens is 266 g/mol. The highest BCUT2D eigenvalue weighted by Crippen LogP contribution is 2.34. The molecule has 1 aromatic carbocycles. The van der Waals surface area contributed by atoms with Crippen molar-refractivity contribution in [3.05, 3.63) is 28.8 Å². The Morgan fingerprint density at radius 3 is 2.50 bits per heavy atom. The van der Waals surface area contributed by atoms with Gasteiger partial charge in [0.1, 0.15) is 0 Å². The Kier molecular flexibility index (Phi) is 6.50. The molecule has 102 valence electrons. The van der Waals surface area contributed by atoms with Gasteiger partial charge in [-0.3, -0.25) is 0 Å². The Balaban J connectivity index is 2.86. The molecule has 2 N–H and O–H groups in total. The molecule has 0 spiro atoms. The van der Waals surface area contributed by atoms with Crippen molar-refractivity contribution in [3.8, 4) is 0 Å². The highest BCUT2D eigenvalue weighted by molar-refractivity contribution is 8.00. The van der Waals surface area contributed by atoms with Gasteiger partial charge >= 0.3 is 0 Å². The molecule has 0 saturated carbocycles. The van der Waals surface area contributed by atoms with Gasteiger partial charge in [-0.15, -0.1) is 11.8 Å². The number of benzene rings is 1. The monoisotopic (exact) mass is 287 g/mol. The van der Waals surface area contributed by atoms with Gasteiger partial charge in [0.25, 0.3) is 0 Å². The SMILES string of the molecule is CC(C)NCc1cccc(Cl)c1SC(C)C(C)O. The Bertz CT molecular complexity index is 382. The zero-order valence-corrected chi connectivity index (χ0v) is 13.0. The van der Waals surface area contributed by atoms with E-state index in [1.54, 1.807) is 18.7 Å². The lowest BCUT2D eigenvalue weighted by Gasteiger charge is -2.18. The first-order valence-electron chi connectivity index (χ1n) is 6.27. The van der Waals surface area contributed by atoms with Gasteiger partial charge in [-0.1, -0.05) is 44.5 Å². The third kappa shape index (κ3) is 4.81. The van der Waals surface area contributed by atoms with Crippen LogP contribution in [0.2, 0.25) is 5.02 Å². The molecule has 2 nitrogen and oxygen atoms in total. The molecular formula is C14H22ClNOS. The lowest BCUT2D eigenvalue weighted by Crippen LogP contribution is -2.22. The Labute approximate surface area is 119 Å². The van der Waals surface area contributed by atoms with Crippen molar-refractivity contribution in [1.29, 1.82) is 0 Å². The van der Waals surface area contributed by atoms with E-state index in [0.717, 1.165) is 16.5 Å². The van der Waals surface area contributed by atoms with E-state index in [1.165, 1.54) is 5.56 Å². The molecule has 4 heteroatoms. The molecule has 0 bridgehead atoms. The van der Waals surface area contributed by atoms with E-state index in [4.69, 9.17) is 11.6 Å². The molecule has 0 radical (unpaired) electrons. The topological polar surface area (TPSA) is 32.3 Å². The highest BCUT2D eigenvalue weighted by Gasteiger charge is 2.15. The van der Waals surface area contributed by atoms with E-state index >= 15 is 0 Å². The molecule has 0 aromatic heterocycles. The van der Waals surface area contributed by atoms with Crippen LogP contribution < -0.4 is 5.32 Å². The van der Waals surface area contributed by atoms with Crippen molar-refractivity contribution in [2.75, 3.05) is 0 Å². The molecule has 0 fully saturated rings. The predicted octanol–water partition coefficient (Wildman–Crippen LogP) is 3.70. The third-order valence-corrected chi connectivity index (χ3v) is 4.64. The first-order valence-corrected chi connectivity index (χ1v) is 7.53. The quantitative estimate of drug-likeness (QED) is 0.783. The summed E-state index contributed by atoms with van der Waals surface area (Å²) in [5.41, 5.74) is 1.19. The van der Waals surface area contributed by atoms with Crippen LogP contribution >= 0.6 is 23.4 Å². The maximum absolute atomic E-state index is 9.60. The van der Waals surface area contributed by atoms with E-state index in [0.29, 0.717) is 6.04 Å². The van der Waals surface area contributed by atoms with Crippen molar-refractivity contribution in [1.82, 2.24) is 5.32 Å². The second-order valence-corrected chi connectivity index (χ2v) is 6.62. The molecule has 1 rings (SSSR count). The number of hydrogen-bond acceptors (Lipinski definition) is 3. The molecule has 0 aliphatic rings. The summed E-state index contributed by atoms with van der Waals surface area (Å²) in [7, 11) is 0. The minimum Gasteiger partial charge on any atom is -0.392 e. The van der Waals surface area contributed by atoms with Crippen LogP contribution in [0, 0.1) is 0 Å². The summed E-state index contributed by atoms with van der Waals surface area (Å²) in [5.74, 6) is 0. The van der Waals surface area contributed by atoms with E-state index in [9.17, 15) is 5.11 Å². The number of thioether (sulfide) groups is 1. The van der Waals surface area contributed by atoms with Crippen LogP contribution in [-0.4, -0.2) is 22.5 Å². The molecule has 0 heterocycles. The summed E-state index contributed by atoms with van der Waals surface area (Å²) >= 11 is 7.90. The lowest BCUT2D eigenvalue weighted by molar-refractivity contribution is 0.196. The van der Waals surface area contributed by atoms with Crippen LogP contribution in [0.3, 0.4) is 0 Å².